The minimum absolute atomic E-state index is 0.0140. The molecule has 1 aromatic carbocycles. The lowest BCUT2D eigenvalue weighted by atomic mass is 10.00. The number of H-pyrrole nitrogens is 2. The largest absolute Gasteiger partial charge is 0.326 e. The Balaban J connectivity index is 2.48. The van der Waals surface area contributed by atoms with E-state index in [1.165, 1.54) is 18.2 Å². The first kappa shape index (κ1) is 14.6. The van der Waals surface area contributed by atoms with Crippen LogP contribution in [0.5, 0.6) is 0 Å². The number of nitrogens with one attached hydrogen (secondary N) is 3. The van der Waals surface area contributed by atoms with E-state index in [1.807, 2.05) is 0 Å². The maximum Gasteiger partial charge on any atom is 0.326 e. The van der Waals surface area contributed by atoms with Gasteiger partial charge in [-0.15, -0.1) is 0 Å². The molecule has 3 N–H and O–H groups in total. The average Bonchev–Trinajstić information content (AvgIpc) is 2.74. The molecule has 2 rings (SSSR count). The van der Waals surface area contributed by atoms with Crippen molar-refractivity contribution in [3.63, 3.8) is 0 Å². The highest BCUT2D eigenvalue weighted by molar-refractivity contribution is 5.75. The maximum atomic E-state index is 13.6. The third kappa shape index (κ3) is 2.55. The number of rotatable bonds is 5. The molecule has 1 aromatic heterocycles. The van der Waals surface area contributed by atoms with E-state index in [9.17, 15) is 22.4 Å². The van der Waals surface area contributed by atoms with Crippen LogP contribution in [0.1, 0.15) is 18.5 Å². The molecule has 0 fully saturated rings. The summed E-state index contributed by atoms with van der Waals surface area (Å²) in [6.07, 6.45) is -3.78. The minimum Gasteiger partial charge on any atom is -0.306 e. The van der Waals surface area contributed by atoms with Crippen molar-refractivity contribution in [2.45, 2.75) is 25.3 Å². The van der Waals surface area contributed by atoms with E-state index >= 15 is 0 Å². The van der Waals surface area contributed by atoms with Gasteiger partial charge in [-0.1, -0.05) is 13.0 Å². The SMILES string of the molecule is CCNC(c1ccc2[nH]c(=O)[nH]c2c1)C(F)(F)C(F)F. The van der Waals surface area contributed by atoms with Crippen molar-refractivity contribution in [1.29, 1.82) is 0 Å². The van der Waals surface area contributed by atoms with Gasteiger partial charge in [-0.25, -0.2) is 13.6 Å². The van der Waals surface area contributed by atoms with Gasteiger partial charge >= 0.3 is 18.0 Å². The van der Waals surface area contributed by atoms with Crippen LogP contribution in [0.25, 0.3) is 11.0 Å². The Morgan fingerprint density at radius 1 is 1.25 bits per heavy atom. The van der Waals surface area contributed by atoms with E-state index in [-0.39, 0.29) is 12.1 Å². The average molecular weight is 291 g/mol. The lowest BCUT2D eigenvalue weighted by molar-refractivity contribution is -0.151. The van der Waals surface area contributed by atoms with Gasteiger partial charge in [-0.3, -0.25) is 0 Å². The second kappa shape index (κ2) is 5.28. The number of alkyl halides is 4. The van der Waals surface area contributed by atoms with Gasteiger partial charge < -0.3 is 15.3 Å². The van der Waals surface area contributed by atoms with Gasteiger partial charge in [-0.05, 0) is 24.2 Å². The van der Waals surface area contributed by atoms with Crippen molar-refractivity contribution < 1.29 is 17.6 Å². The van der Waals surface area contributed by atoms with Crippen molar-refractivity contribution >= 4 is 11.0 Å². The van der Waals surface area contributed by atoms with Gasteiger partial charge in [0.05, 0.1) is 11.0 Å². The van der Waals surface area contributed by atoms with E-state index in [2.05, 4.69) is 15.3 Å². The topological polar surface area (TPSA) is 60.7 Å². The van der Waals surface area contributed by atoms with Crippen LogP contribution in [0.15, 0.2) is 23.0 Å². The molecule has 1 unspecified atom stereocenters. The van der Waals surface area contributed by atoms with Crippen LogP contribution in [0.2, 0.25) is 0 Å². The van der Waals surface area contributed by atoms with Crippen LogP contribution >= 0.6 is 0 Å². The molecule has 0 bridgehead atoms. The Labute approximate surface area is 111 Å². The molecule has 0 aliphatic carbocycles. The first-order chi connectivity index (χ1) is 9.36. The van der Waals surface area contributed by atoms with Crippen LogP contribution in [0, 0.1) is 0 Å². The van der Waals surface area contributed by atoms with Crippen LogP contribution in [0.4, 0.5) is 17.6 Å². The molecule has 0 amide bonds. The molecule has 0 aliphatic rings. The fourth-order valence-corrected chi connectivity index (χ4v) is 2.04. The van der Waals surface area contributed by atoms with E-state index in [4.69, 9.17) is 0 Å². The molecule has 110 valence electrons. The summed E-state index contributed by atoms with van der Waals surface area (Å²) in [4.78, 5) is 16.0. The van der Waals surface area contributed by atoms with Crippen molar-refractivity contribution in [3.8, 4) is 0 Å². The van der Waals surface area contributed by atoms with Gasteiger partial charge in [0.15, 0.2) is 0 Å². The third-order valence-corrected chi connectivity index (χ3v) is 2.96. The number of benzene rings is 1. The van der Waals surface area contributed by atoms with Crippen LogP contribution in [-0.4, -0.2) is 28.9 Å². The molecule has 1 heterocycles. The number of aromatic nitrogens is 2. The zero-order chi connectivity index (χ0) is 14.9. The number of hydrogen-bond acceptors (Lipinski definition) is 2. The van der Waals surface area contributed by atoms with E-state index in [0.29, 0.717) is 11.0 Å². The highest BCUT2D eigenvalue weighted by atomic mass is 19.3. The first-order valence-electron chi connectivity index (χ1n) is 5.97. The molecule has 8 heteroatoms. The molecule has 4 nitrogen and oxygen atoms in total. The summed E-state index contributed by atoms with van der Waals surface area (Å²) >= 11 is 0. The molecule has 0 saturated heterocycles. The van der Waals surface area contributed by atoms with Gasteiger partial charge in [0.1, 0.15) is 6.04 Å². The number of hydrogen-bond donors (Lipinski definition) is 3. The molecule has 0 spiro atoms. The van der Waals surface area contributed by atoms with Gasteiger partial charge in [0.2, 0.25) is 0 Å². The highest BCUT2D eigenvalue weighted by Crippen LogP contribution is 2.37. The third-order valence-electron chi connectivity index (χ3n) is 2.96. The number of halogens is 4. The predicted octanol–water partition coefficient (Wildman–Crippen LogP) is 2.41. The standard InChI is InChI=1S/C12H13F4N3O/c1-2-17-9(12(15,16)10(13)14)6-3-4-7-8(5-6)19-11(20)18-7/h3-5,9-10,17H,2H2,1H3,(H2,18,19,20). The summed E-state index contributed by atoms with van der Waals surface area (Å²) in [5.74, 6) is -4.21. The monoisotopic (exact) mass is 291 g/mol. The van der Waals surface area contributed by atoms with Crippen molar-refractivity contribution in [2.24, 2.45) is 0 Å². The molecule has 0 saturated carbocycles. The molecular formula is C12H13F4N3O. The molecule has 1 atom stereocenters. The summed E-state index contributed by atoms with van der Waals surface area (Å²) in [6.45, 7) is 1.65. The Morgan fingerprint density at radius 2 is 1.90 bits per heavy atom. The van der Waals surface area contributed by atoms with E-state index in [1.54, 1.807) is 6.92 Å². The lowest BCUT2D eigenvalue weighted by Gasteiger charge is -2.27. The summed E-state index contributed by atoms with van der Waals surface area (Å²) in [6, 6.07) is 2.12. The number of imidazole rings is 1. The number of aromatic amines is 2. The Hall–Kier alpha value is -1.83. The summed E-state index contributed by atoms with van der Waals surface area (Å²) < 4.78 is 52.3. The van der Waals surface area contributed by atoms with Gasteiger partial charge in [0.25, 0.3) is 0 Å². The van der Waals surface area contributed by atoms with Crippen LogP contribution < -0.4 is 11.0 Å². The fraction of sp³-hybridized carbons (Fsp3) is 0.417. The van der Waals surface area contributed by atoms with Crippen LogP contribution in [0.3, 0.4) is 0 Å². The van der Waals surface area contributed by atoms with Gasteiger partial charge in [-0.2, -0.15) is 8.78 Å². The van der Waals surface area contributed by atoms with Crippen molar-refractivity contribution in [1.82, 2.24) is 15.3 Å². The number of fused-ring (bicyclic) bond motifs is 1. The van der Waals surface area contributed by atoms with Crippen molar-refractivity contribution in [2.75, 3.05) is 6.54 Å². The predicted molar refractivity (Wildman–Crippen MR) is 66.3 cm³/mol. The van der Waals surface area contributed by atoms with Gasteiger partial charge in [0, 0.05) is 0 Å². The Morgan fingerprint density at radius 3 is 2.50 bits per heavy atom. The second-order valence-corrected chi connectivity index (χ2v) is 4.35. The Kier molecular flexibility index (Phi) is 3.85. The van der Waals surface area contributed by atoms with E-state index < -0.39 is 24.1 Å². The van der Waals surface area contributed by atoms with Crippen molar-refractivity contribution in [3.05, 3.63) is 34.2 Å². The normalized spacial score (nSPS) is 14.1. The summed E-state index contributed by atoms with van der Waals surface area (Å²) in [5.41, 5.74) is 0.215. The fourth-order valence-electron chi connectivity index (χ4n) is 2.04. The molecule has 0 radical (unpaired) electrons. The zero-order valence-corrected chi connectivity index (χ0v) is 10.5. The summed E-state index contributed by atoms with van der Waals surface area (Å²) in [5, 5.41) is 2.36. The molecular weight excluding hydrogens is 278 g/mol. The second-order valence-electron chi connectivity index (χ2n) is 4.35. The Bertz CT molecular complexity index is 649. The minimum atomic E-state index is -4.21. The van der Waals surface area contributed by atoms with Crippen LogP contribution in [-0.2, 0) is 0 Å². The highest BCUT2D eigenvalue weighted by Gasteiger charge is 2.49. The van der Waals surface area contributed by atoms with E-state index in [0.717, 1.165) is 0 Å². The lowest BCUT2D eigenvalue weighted by Crippen LogP contribution is -2.42. The summed E-state index contributed by atoms with van der Waals surface area (Å²) in [7, 11) is 0. The zero-order valence-electron chi connectivity index (χ0n) is 10.5. The molecule has 20 heavy (non-hydrogen) atoms. The molecule has 2 aromatic rings. The first-order valence-corrected chi connectivity index (χ1v) is 5.97. The molecule has 0 aliphatic heterocycles. The smallest absolute Gasteiger partial charge is 0.306 e. The maximum absolute atomic E-state index is 13.6. The quantitative estimate of drug-likeness (QED) is 0.741.